The molecular weight excluding hydrogens is 334 g/mol. The molecule has 6 heteroatoms. The van der Waals surface area contributed by atoms with Gasteiger partial charge in [-0.3, -0.25) is 9.69 Å². The molecule has 1 heterocycles. The van der Waals surface area contributed by atoms with E-state index in [4.69, 9.17) is 9.16 Å². The number of ketones is 1. The fraction of sp³-hybridized carbons (Fsp3) is 0.684. The predicted molar refractivity (Wildman–Crippen MR) is 103 cm³/mol. The van der Waals surface area contributed by atoms with Gasteiger partial charge in [-0.05, 0) is 49.9 Å². The Hall–Kier alpha value is -1.40. The summed E-state index contributed by atoms with van der Waals surface area (Å²) in [5.41, 5.74) is -0.295. The molecule has 0 aromatic carbocycles. The molecule has 0 bridgehead atoms. The van der Waals surface area contributed by atoms with Gasteiger partial charge in [0, 0.05) is 13.0 Å². The van der Waals surface area contributed by atoms with Crippen LogP contribution in [0, 0.1) is 11.3 Å². The Kier molecular flexibility index (Phi) is 7.20. The summed E-state index contributed by atoms with van der Waals surface area (Å²) < 4.78 is 11.7. The Balaban J connectivity index is 3.37. The van der Waals surface area contributed by atoms with Crippen molar-refractivity contribution in [1.82, 2.24) is 4.90 Å². The number of hydrogen-bond donors (Lipinski definition) is 0. The molecule has 0 N–H and O–H groups in total. The first-order chi connectivity index (χ1) is 11.4. The highest BCUT2D eigenvalue weighted by atomic mass is 28.3. The van der Waals surface area contributed by atoms with Crippen molar-refractivity contribution in [2.24, 2.45) is 11.3 Å². The van der Waals surface area contributed by atoms with Crippen molar-refractivity contribution in [3.05, 3.63) is 24.3 Å². The van der Waals surface area contributed by atoms with Crippen LogP contribution in [0.2, 0.25) is 13.1 Å². The Morgan fingerprint density at radius 3 is 2.36 bits per heavy atom. The molecule has 1 rings (SSSR count). The molecule has 1 aliphatic rings. The third-order valence-electron chi connectivity index (χ3n) is 4.61. The lowest BCUT2D eigenvalue weighted by atomic mass is 9.79. The minimum absolute atomic E-state index is 0.0125. The lowest BCUT2D eigenvalue weighted by Crippen LogP contribution is -2.50. The number of amides is 1. The maximum atomic E-state index is 12.7. The van der Waals surface area contributed by atoms with Crippen molar-refractivity contribution in [1.29, 1.82) is 0 Å². The van der Waals surface area contributed by atoms with Crippen LogP contribution < -0.4 is 0 Å². The molecule has 0 saturated carbocycles. The predicted octanol–water partition coefficient (Wildman–Crippen LogP) is 3.91. The molecular formula is C19H33NO4Si. The highest BCUT2D eigenvalue weighted by Crippen LogP contribution is 2.44. The second-order valence-electron chi connectivity index (χ2n) is 8.14. The van der Waals surface area contributed by atoms with E-state index in [9.17, 15) is 9.59 Å². The van der Waals surface area contributed by atoms with E-state index in [1.54, 1.807) is 17.9 Å². The van der Waals surface area contributed by atoms with E-state index in [0.717, 1.165) is 0 Å². The Morgan fingerprint density at radius 1 is 1.32 bits per heavy atom. The van der Waals surface area contributed by atoms with Gasteiger partial charge >= 0.3 is 6.09 Å². The Morgan fingerprint density at radius 2 is 1.92 bits per heavy atom. The van der Waals surface area contributed by atoms with E-state index >= 15 is 0 Å². The van der Waals surface area contributed by atoms with Crippen LogP contribution in [0.15, 0.2) is 24.3 Å². The summed E-state index contributed by atoms with van der Waals surface area (Å²) in [6.07, 6.45) is 3.61. The third kappa shape index (κ3) is 5.54. The van der Waals surface area contributed by atoms with Gasteiger partial charge in [0.15, 0.2) is 20.5 Å². The minimum atomic E-state index is -1.49. The first-order valence-electron chi connectivity index (χ1n) is 8.86. The van der Waals surface area contributed by atoms with Crippen molar-refractivity contribution in [3.63, 3.8) is 0 Å². The van der Waals surface area contributed by atoms with Crippen LogP contribution in [-0.2, 0) is 14.0 Å². The SMILES string of the molecule is C=CCOC(=O)N1C[C@@H](C(C)(C)C)C[C@@]1(C=C(C)C(C)=O)O[SiH](C)C. The van der Waals surface area contributed by atoms with Crippen molar-refractivity contribution in [2.75, 3.05) is 13.2 Å². The zero-order valence-corrected chi connectivity index (χ0v) is 17.9. The first-order valence-corrected chi connectivity index (χ1v) is 11.6. The number of ether oxygens (including phenoxy) is 1. The minimum Gasteiger partial charge on any atom is -0.445 e. The fourth-order valence-corrected chi connectivity index (χ4v) is 4.16. The molecule has 1 aliphatic heterocycles. The summed E-state index contributed by atoms with van der Waals surface area (Å²) in [7, 11) is -1.49. The molecule has 0 aliphatic carbocycles. The van der Waals surface area contributed by atoms with Crippen molar-refractivity contribution in [2.45, 2.75) is 59.9 Å². The van der Waals surface area contributed by atoms with Gasteiger partial charge in [-0.1, -0.05) is 33.4 Å². The summed E-state index contributed by atoms with van der Waals surface area (Å²) in [5, 5.41) is 0. The highest BCUT2D eigenvalue weighted by molar-refractivity contribution is 6.48. The zero-order chi connectivity index (χ0) is 19.4. The van der Waals surface area contributed by atoms with Gasteiger partial charge in [-0.15, -0.1) is 0 Å². The molecule has 0 aromatic rings. The summed E-state index contributed by atoms with van der Waals surface area (Å²) in [6, 6.07) is 0. The molecule has 1 amide bonds. The van der Waals surface area contributed by atoms with Crippen LogP contribution in [-0.4, -0.2) is 44.7 Å². The largest absolute Gasteiger partial charge is 0.445 e. The van der Waals surface area contributed by atoms with Gasteiger partial charge in [-0.2, -0.15) is 0 Å². The molecule has 142 valence electrons. The van der Waals surface area contributed by atoms with Gasteiger partial charge in [0.25, 0.3) is 0 Å². The van der Waals surface area contributed by atoms with Crippen LogP contribution in [0.3, 0.4) is 0 Å². The van der Waals surface area contributed by atoms with Gasteiger partial charge in [0.2, 0.25) is 0 Å². The molecule has 0 unspecified atom stereocenters. The lowest BCUT2D eigenvalue weighted by Gasteiger charge is -2.37. The fourth-order valence-electron chi connectivity index (χ4n) is 3.05. The topological polar surface area (TPSA) is 55.8 Å². The van der Waals surface area contributed by atoms with E-state index in [-0.39, 0.29) is 23.7 Å². The lowest BCUT2D eigenvalue weighted by molar-refractivity contribution is -0.113. The number of likely N-dealkylation sites (tertiary alicyclic amines) is 1. The number of nitrogens with zero attached hydrogens (tertiary/aromatic N) is 1. The number of allylic oxidation sites excluding steroid dienone is 1. The smallest absolute Gasteiger partial charge is 0.412 e. The second-order valence-corrected chi connectivity index (χ2v) is 10.5. The van der Waals surface area contributed by atoms with Gasteiger partial charge in [0.05, 0.1) is 0 Å². The van der Waals surface area contributed by atoms with E-state index < -0.39 is 20.9 Å². The van der Waals surface area contributed by atoms with E-state index in [0.29, 0.717) is 18.5 Å². The first kappa shape index (κ1) is 21.6. The monoisotopic (exact) mass is 367 g/mol. The molecule has 25 heavy (non-hydrogen) atoms. The molecule has 1 fully saturated rings. The van der Waals surface area contributed by atoms with E-state index in [2.05, 4.69) is 40.4 Å². The molecule has 2 atom stereocenters. The normalized spacial score (nSPS) is 24.6. The quantitative estimate of drug-likeness (QED) is 0.406. The average molecular weight is 368 g/mol. The zero-order valence-electron chi connectivity index (χ0n) is 16.7. The van der Waals surface area contributed by atoms with Crippen LogP contribution in [0.5, 0.6) is 0 Å². The summed E-state index contributed by atoms with van der Waals surface area (Å²) in [4.78, 5) is 26.2. The summed E-state index contributed by atoms with van der Waals surface area (Å²) in [6.45, 7) is 18.2. The standard InChI is InChI=1S/C19H33NO4Si/c1-9-10-23-17(22)20-13-16(18(4,5)6)12-19(20,24-25(7)8)11-14(2)15(3)21/h9,11,16,25H,1,10,12-13H2,2-8H3/t16-,19+/m0/s1. The number of Topliss-reactive ketones (excluding diaryl/α,β-unsaturated/α-hetero) is 1. The number of hydrogen-bond acceptors (Lipinski definition) is 4. The average Bonchev–Trinajstić information content (AvgIpc) is 2.83. The molecule has 5 nitrogen and oxygen atoms in total. The maximum absolute atomic E-state index is 12.7. The van der Waals surface area contributed by atoms with Crippen LogP contribution in [0.25, 0.3) is 0 Å². The van der Waals surface area contributed by atoms with Crippen LogP contribution in [0.4, 0.5) is 4.79 Å². The molecule has 1 saturated heterocycles. The number of rotatable bonds is 6. The molecule has 0 aromatic heterocycles. The second kappa shape index (κ2) is 8.32. The van der Waals surface area contributed by atoms with Crippen LogP contribution in [0.1, 0.15) is 41.0 Å². The van der Waals surface area contributed by atoms with Gasteiger partial charge < -0.3 is 9.16 Å². The Bertz CT molecular complexity index is 550. The highest BCUT2D eigenvalue weighted by Gasteiger charge is 2.51. The third-order valence-corrected chi connectivity index (χ3v) is 5.49. The summed E-state index contributed by atoms with van der Waals surface area (Å²) >= 11 is 0. The van der Waals surface area contributed by atoms with Crippen molar-refractivity contribution in [3.8, 4) is 0 Å². The Labute approximate surface area is 153 Å². The van der Waals surface area contributed by atoms with Gasteiger partial charge in [0.1, 0.15) is 6.61 Å². The molecule has 0 radical (unpaired) electrons. The van der Waals surface area contributed by atoms with Crippen LogP contribution >= 0.6 is 0 Å². The van der Waals surface area contributed by atoms with E-state index in [1.165, 1.54) is 6.92 Å². The summed E-state index contributed by atoms with van der Waals surface area (Å²) in [5.74, 6) is 0.222. The van der Waals surface area contributed by atoms with Gasteiger partial charge in [-0.25, -0.2) is 4.79 Å². The number of carbonyl (C=O) groups excluding carboxylic acids is 2. The number of carbonyl (C=O) groups is 2. The molecule has 0 spiro atoms. The maximum Gasteiger partial charge on any atom is 0.412 e. The van der Waals surface area contributed by atoms with Crippen molar-refractivity contribution >= 4 is 20.9 Å². The van der Waals surface area contributed by atoms with E-state index in [1.807, 2.05) is 6.08 Å². The van der Waals surface area contributed by atoms with Crippen molar-refractivity contribution < 1.29 is 18.8 Å².